The molecule has 0 saturated heterocycles. The van der Waals surface area contributed by atoms with Crippen LogP contribution in [0.15, 0.2) is 24.3 Å². The standard InChI is InChI=1S/C20H23Cl2NO5/c1-5-7-28-19-14(22)8-12(9-18(19)27-6-2)20(24)23-15-11-16(25-3)13(21)10-17(15)26-4/h8-11H,5-7H2,1-4H3,(H,23,24). The van der Waals surface area contributed by atoms with Crippen molar-refractivity contribution in [3.63, 3.8) is 0 Å². The molecule has 0 aliphatic carbocycles. The zero-order valence-corrected chi connectivity index (χ0v) is 17.7. The highest BCUT2D eigenvalue weighted by molar-refractivity contribution is 6.33. The molecule has 0 atom stereocenters. The molecule has 6 nitrogen and oxygen atoms in total. The molecule has 28 heavy (non-hydrogen) atoms. The van der Waals surface area contributed by atoms with E-state index in [0.29, 0.717) is 57.5 Å². The Morgan fingerprint density at radius 3 is 2.25 bits per heavy atom. The first kappa shape index (κ1) is 22.0. The van der Waals surface area contributed by atoms with Crippen molar-refractivity contribution in [1.82, 2.24) is 0 Å². The molecule has 1 amide bonds. The van der Waals surface area contributed by atoms with Gasteiger partial charge < -0.3 is 24.3 Å². The number of rotatable bonds is 9. The summed E-state index contributed by atoms with van der Waals surface area (Å²) in [6.07, 6.45) is 0.822. The molecule has 0 aromatic heterocycles. The topological polar surface area (TPSA) is 66.0 Å². The monoisotopic (exact) mass is 427 g/mol. The highest BCUT2D eigenvalue weighted by atomic mass is 35.5. The first-order valence-corrected chi connectivity index (χ1v) is 9.52. The summed E-state index contributed by atoms with van der Waals surface area (Å²) in [4.78, 5) is 12.8. The fourth-order valence-corrected chi connectivity index (χ4v) is 2.95. The first-order valence-electron chi connectivity index (χ1n) is 8.77. The van der Waals surface area contributed by atoms with Crippen LogP contribution in [-0.4, -0.2) is 33.3 Å². The number of nitrogens with one attached hydrogen (secondary N) is 1. The molecule has 0 aliphatic heterocycles. The van der Waals surface area contributed by atoms with Crippen molar-refractivity contribution in [1.29, 1.82) is 0 Å². The van der Waals surface area contributed by atoms with Crippen molar-refractivity contribution in [2.75, 3.05) is 32.8 Å². The molecule has 0 saturated carbocycles. The molecule has 0 fully saturated rings. The van der Waals surface area contributed by atoms with E-state index in [1.165, 1.54) is 20.3 Å². The van der Waals surface area contributed by atoms with E-state index >= 15 is 0 Å². The normalized spacial score (nSPS) is 10.4. The Balaban J connectivity index is 2.36. The molecule has 8 heteroatoms. The van der Waals surface area contributed by atoms with Crippen LogP contribution in [0.5, 0.6) is 23.0 Å². The van der Waals surface area contributed by atoms with E-state index < -0.39 is 5.91 Å². The third kappa shape index (κ3) is 5.14. The van der Waals surface area contributed by atoms with Gasteiger partial charge in [-0.15, -0.1) is 0 Å². The van der Waals surface area contributed by atoms with Crippen LogP contribution in [0.3, 0.4) is 0 Å². The predicted molar refractivity (Wildman–Crippen MR) is 111 cm³/mol. The summed E-state index contributed by atoms with van der Waals surface area (Å²) in [6, 6.07) is 6.28. The fraction of sp³-hybridized carbons (Fsp3) is 0.350. The Labute approximate surface area is 174 Å². The number of anilines is 1. The molecule has 0 spiro atoms. The highest BCUT2D eigenvalue weighted by Gasteiger charge is 2.18. The van der Waals surface area contributed by atoms with Crippen LogP contribution >= 0.6 is 23.2 Å². The first-order chi connectivity index (χ1) is 13.4. The summed E-state index contributed by atoms with van der Waals surface area (Å²) in [7, 11) is 2.97. The minimum Gasteiger partial charge on any atom is -0.495 e. The van der Waals surface area contributed by atoms with Gasteiger partial charge >= 0.3 is 0 Å². The van der Waals surface area contributed by atoms with Gasteiger partial charge in [0.25, 0.3) is 5.91 Å². The van der Waals surface area contributed by atoms with Gasteiger partial charge in [-0.25, -0.2) is 0 Å². The van der Waals surface area contributed by atoms with Crippen molar-refractivity contribution in [3.8, 4) is 23.0 Å². The average Bonchev–Trinajstić information content (AvgIpc) is 2.68. The minimum atomic E-state index is -0.396. The zero-order chi connectivity index (χ0) is 20.7. The number of carbonyl (C=O) groups excluding carboxylic acids is 1. The van der Waals surface area contributed by atoms with E-state index in [9.17, 15) is 4.79 Å². The van der Waals surface area contributed by atoms with Gasteiger partial charge in [-0.3, -0.25) is 4.79 Å². The summed E-state index contributed by atoms with van der Waals surface area (Å²) in [6.45, 7) is 4.73. The van der Waals surface area contributed by atoms with Crippen LogP contribution in [0.2, 0.25) is 10.0 Å². The van der Waals surface area contributed by atoms with E-state index in [1.54, 1.807) is 18.2 Å². The van der Waals surface area contributed by atoms with E-state index in [0.717, 1.165) is 6.42 Å². The lowest BCUT2D eigenvalue weighted by atomic mass is 10.1. The van der Waals surface area contributed by atoms with Crippen LogP contribution in [0.4, 0.5) is 5.69 Å². The lowest BCUT2D eigenvalue weighted by molar-refractivity contribution is 0.102. The molecule has 0 radical (unpaired) electrons. The maximum atomic E-state index is 12.8. The van der Waals surface area contributed by atoms with Crippen LogP contribution in [0.1, 0.15) is 30.6 Å². The van der Waals surface area contributed by atoms with E-state index in [-0.39, 0.29) is 0 Å². The Morgan fingerprint density at radius 2 is 1.64 bits per heavy atom. The average molecular weight is 428 g/mol. The highest BCUT2D eigenvalue weighted by Crippen LogP contribution is 2.38. The summed E-state index contributed by atoms with van der Waals surface area (Å²) in [5.74, 6) is 1.25. The van der Waals surface area contributed by atoms with Crippen molar-refractivity contribution in [2.45, 2.75) is 20.3 Å². The second kappa shape index (κ2) is 10.3. The Kier molecular flexibility index (Phi) is 8.08. The molecular weight excluding hydrogens is 405 g/mol. The number of hydrogen-bond acceptors (Lipinski definition) is 5. The van der Waals surface area contributed by atoms with Gasteiger partial charge in [0.2, 0.25) is 0 Å². The summed E-state index contributed by atoms with van der Waals surface area (Å²) >= 11 is 12.4. The van der Waals surface area contributed by atoms with Crippen LogP contribution in [0, 0.1) is 0 Å². The Bertz CT molecular complexity index is 842. The van der Waals surface area contributed by atoms with E-state index in [4.69, 9.17) is 42.1 Å². The third-order valence-corrected chi connectivity index (χ3v) is 4.32. The molecule has 2 aromatic rings. The van der Waals surface area contributed by atoms with E-state index in [1.807, 2.05) is 13.8 Å². The summed E-state index contributed by atoms with van der Waals surface area (Å²) in [5.41, 5.74) is 0.724. The number of hydrogen-bond donors (Lipinski definition) is 1. The van der Waals surface area contributed by atoms with Gasteiger partial charge in [-0.2, -0.15) is 0 Å². The van der Waals surface area contributed by atoms with E-state index in [2.05, 4.69) is 5.32 Å². The van der Waals surface area contributed by atoms with Gasteiger partial charge in [0.15, 0.2) is 11.5 Å². The van der Waals surface area contributed by atoms with Gasteiger partial charge in [0.05, 0.1) is 43.2 Å². The molecule has 0 bridgehead atoms. The minimum absolute atomic E-state index is 0.296. The largest absolute Gasteiger partial charge is 0.495 e. The molecule has 152 valence electrons. The molecular formula is C20H23Cl2NO5. The molecule has 0 unspecified atom stereocenters. The molecule has 2 aromatic carbocycles. The predicted octanol–water partition coefficient (Wildman–Crippen LogP) is 5.45. The van der Waals surface area contributed by atoms with Crippen LogP contribution < -0.4 is 24.3 Å². The number of carbonyl (C=O) groups is 1. The zero-order valence-electron chi connectivity index (χ0n) is 16.2. The van der Waals surface area contributed by atoms with Crippen LogP contribution in [-0.2, 0) is 0 Å². The fourth-order valence-electron chi connectivity index (χ4n) is 2.46. The maximum Gasteiger partial charge on any atom is 0.255 e. The quantitative estimate of drug-likeness (QED) is 0.575. The molecule has 2 rings (SSSR count). The number of benzene rings is 2. The van der Waals surface area contributed by atoms with Gasteiger partial charge in [0.1, 0.15) is 11.5 Å². The van der Waals surface area contributed by atoms with Crippen molar-refractivity contribution in [2.24, 2.45) is 0 Å². The number of ether oxygens (including phenoxy) is 4. The molecule has 0 aliphatic rings. The smallest absolute Gasteiger partial charge is 0.255 e. The summed E-state index contributed by atoms with van der Waals surface area (Å²) < 4.78 is 21.8. The van der Waals surface area contributed by atoms with Gasteiger partial charge in [-0.05, 0) is 25.5 Å². The maximum absolute atomic E-state index is 12.8. The van der Waals surface area contributed by atoms with Gasteiger partial charge in [-0.1, -0.05) is 30.1 Å². The van der Waals surface area contributed by atoms with Crippen molar-refractivity contribution < 1.29 is 23.7 Å². The molecule has 0 heterocycles. The van der Waals surface area contributed by atoms with Crippen molar-refractivity contribution >= 4 is 34.8 Å². The van der Waals surface area contributed by atoms with Gasteiger partial charge in [0, 0.05) is 17.7 Å². The van der Waals surface area contributed by atoms with Crippen molar-refractivity contribution in [3.05, 3.63) is 39.9 Å². The summed E-state index contributed by atoms with van der Waals surface area (Å²) in [5, 5.41) is 3.45. The third-order valence-electron chi connectivity index (χ3n) is 3.74. The number of methoxy groups -OCH3 is 2. The lowest BCUT2D eigenvalue weighted by Crippen LogP contribution is -2.13. The number of amides is 1. The Hall–Kier alpha value is -2.31. The molecule has 1 N–H and O–H groups in total. The second-order valence-corrected chi connectivity index (χ2v) is 6.52. The Morgan fingerprint density at radius 1 is 0.929 bits per heavy atom. The lowest BCUT2D eigenvalue weighted by Gasteiger charge is -2.16. The van der Waals surface area contributed by atoms with Crippen LogP contribution in [0.25, 0.3) is 0 Å². The second-order valence-electron chi connectivity index (χ2n) is 5.71. The number of halogens is 2. The SMILES string of the molecule is CCCOc1c(Cl)cc(C(=O)Nc2cc(OC)c(Cl)cc2OC)cc1OCC.